The summed E-state index contributed by atoms with van der Waals surface area (Å²) in [6.07, 6.45) is -2.62. The van der Waals surface area contributed by atoms with Crippen molar-refractivity contribution in [3.05, 3.63) is 12.7 Å². The number of ether oxygens (including phenoxy) is 1. The minimum absolute atomic E-state index is 0. The first-order chi connectivity index (χ1) is 10.8. The van der Waals surface area contributed by atoms with Crippen LogP contribution in [0.5, 0.6) is 0 Å². The summed E-state index contributed by atoms with van der Waals surface area (Å²) in [4.78, 5) is 31.0. The Bertz CT molecular complexity index is 769. The Hall–Kier alpha value is -0.0236. The van der Waals surface area contributed by atoms with Crippen LogP contribution in [0, 0.1) is 0 Å². The molecular formula is C10H13KN5O7P. The number of nitrogens with zero attached hydrogens (tertiary/aromatic N) is 4. The first-order valence-electron chi connectivity index (χ1n) is 6.41. The molecule has 5 unspecified atom stereocenters. The van der Waals surface area contributed by atoms with Crippen molar-refractivity contribution in [2.24, 2.45) is 0 Å². The summed E-state index contributed by atoms with van der Waals surface area (Å²) >= 11 is 0. The summed E-state index contributed by atoms with van der Waals surface area (Å²) in [7, 11) is -4.97. The molecule has 3 heterocycles. The Morgan fingerprint density at radius 3 is 2.75 bits per heavy atom. The van der Waals surface area contributed by atoms with Crippen molar-refractivity contribution < 1.29 is 85.2 Å². The number of nitrogens with two attached hydrogens (primary N) is 1. The molecule has 0 aliphatic carbocycles. The zero-order chi connectivity index (χ0) is 16.8. The molecule has 126 valence electrons. The summed E-state index contributed by atoms with van der Waals surface area (Å²) in [5.74, 6) is 0.134. The molecule has 1 fully saturated rings. The topological polar surface area (TPSA) is 189 Å². The van der Waals surface area contributed by atoms with Crippen molar-refractivity contribution in [1.29, 1.82) is 0 Å². The maximum atomic E-state index is 10.6. The molecule has 0 aromatic carbocycles. The van der Waals surface area contributed by atoms with E-state index in [9.17, 15) is 19.7 Å². The number of hydrogen-bond acceptors (Lipinski definition) is 10. The molecule has 12 nitrogen and oxygen atoms in total. The van der Waals surface area contributed by atoms with Crippen LogP contribution in [0.3, 0.4) is 0 Å². The Kier molecular flexibility index (Phi) is 6.50. The van der Waals surface area contributed by atoms with E-state index in [0.29, 0.717) is 0 Å². The van der Waals surface area contributed by atoms with Crippen molar-refractivity contribution in [2.75, 3.05) is 12.3 Å². The van der Waals surface area contributed by atoms with Gasteiger partial charge in [-0.3, -0.25) is 9.13 Å². The average molecular weight is 385 g/mol. The van der Waals surface area contributed by atoms with Gasteiger partial charge in [-0.25, -0.2) is 15.0 Å². The number of phosphoric ester groups is 1. The summed E-state index contributed by atoms with van der Waals surface area (Å²) < 4.78 is 21.5. The maximum absolute atomic E-state index is 10.6. The zero-order valence-electron chi connectivity index (χ0n) is 12.5. The molecule has 1 saturated heterocycles. The monoisotopic (exact) mass is 385 g/mol. The number of phosphoric acid groups is 1. The van der Waals surface area contributed by atoms with E-state index in [2.05, 4.69) is 19.5 Å². The Morgan fingerprint density at radius 2 is 2.08 bits per heavy atom. The predicted molar refractivity (Wildman–Crippen MR) is 71.4 cm³/mol. The van der Waals surface area contributed by atoms with E-state index in [1.165, 1.54) is 17.2 Å². The van der Waals surface area contributed by atoms with E-state index < -0.39 is 39.0 Å². The van der Waals surface area contributed by atoms with Gasteiger partial charge in [0.1, 0.15) is 30.2 Å². The van der Waals surface area contributed by atoms with Crippen LogP contribution in [-0.4, -0.2) is 59.5 Å². The molecule has 0 radical (unpaired) electrons. The van der Waals surface area contributed by atoms with Gasteiger partial charge in [0.15, 0.2) is 17.7 Å². The Labute approximate surface area is 177 Å². The second-order valence-electron chi connectivity index (χ2n) is 4.89. The average Bonchev–Trinajstić information content (AvgIpc) is 3.01. The number of anilines is 1. The van der Waals surface area contributed by atoms with E-state index in [1.54, 1.807) is 0 Å². The maximum Gasteiger partial charge on any atom is 1.00 e. The van der Waals surface area contributed by atoms with Gasteiger partial charge in [-0.15, -0.1) is 0 Å². The fraction of sp³-hybridized carbons (Fsp3) is 0.500. The van der Waals surface area contributed by atoms with Crippen LogP contribution in [-0.2, 0) is 13.8 Å². The van der Waals surface area contributed by atoms with Crippen LogP contribution in [0.15, 0.2) is 12.7 Å². The molecule has 0 bridgehead atoms. The zero-order valence-corrected chi connectivity index (χ0v) is 16.5. The number of aromatic nitrogens is 4. The van der Waals surface area contributed by atoms with E-state index in [0.717, 1.165) is 0 Å². The molecule has 24 heavy (non-hydrogen) atoms. The van der Waals surface area contributed by atoms with Crippen LogP contribution in [0.25, 0.3) is 11.2 Å². The Morgan fingerprint density at radius 1 is 1.38 bits per heavy atom. The van der Waals surface area contributed by atoms with Gasteiger partial charge in [-0.1, -0.05) is 0 Å². The van der Waals surface area contributed by atoms with Crippen LogP contribution >= 0.6 is 7.82 Å². The van der Waals surface area contributed by atoms with Gasteiger partial charge >= 0.3 is 51.4 Å². The van der Waals surface area contributed by atoms with Crippen molar-refractivity contribution in [1.82, 2.24) is 19.5 Å². The standard InChI is InChI=1S/C10H14N5O7P.K/c11-8-5-9(13-2-12-8)15(3-14-5)10-7(17)6(16)4(22-10)1-21-23(18,19)20;/h2-4,6-7,10,16-17H,1H2,(H2,11,12,13)(H2,18,19,20);/q;+1/p-1. The van der Waals surface area contributed by atoms with E-state index in [1.807, 2.05) is 0 Å². The number of aliphatic hydroxyl groups is 2. The second kappa shape index (κ2) is 7.69. The summed E-state index contributed by atoms with van der Waals surface area (Å²) in [5, 5.41) is 20.0. The number of aliphatic hydroxyl groups excluding tert-OH is 2. The van der Waals surface area contributed by atoms with Gasteiger partial charge in [0.25, 0.3) is 7.82 Å². The third-order valence-corrected chi connectivity index (χ3v) is 3.88. The SMILES string of the molecule is Nc1ncnc2c1ncn2C1OC(COP(=O)([O-])O)C(O)C1O.[K+]. The number of nitrogen functional groups attached to an aromatic ring is 1. The third kappa shape index (κ3) is 4.03. The molecule has 2 aromatic heterocycles. The molecule has 0 amide bonds. The van der Waals surface area contributed by atoms with Gasteiger partial charge < -0.3 is 35.0 Å². The summed E-state index contributed by atoms with van der Waals surface area (Å²) in [6, 6.07) is 0. The van der Waals surface area contributed by atoms with E-state index >= 15 is 0 Å². The quantitative estimate of drug-likeness (QED) is 0.290. The van der Waals surface area contributed by atoms with Crippen molar-refractivity contribution in [3.8, 4) is 0 Å². The third-order valence-electron chi connectivity index (χ3n) is 3.40. The smallest absolute Gasteiger partial charge is 0.756 e. The number of rotatable bonds is 4. The van der Waals surface area contributed by atoms with Gasteiger partial charge in [0.05, 0.1) is 12.9 Å². The minimum Gasteiger partial charge on any atom is -0.756 e. The molecule has 3 rings (SSSR count). The van der Waals surface area contributed by atoms with Crippen LogP contribution < -0.4 is 62.0 Å². The molecular weight excluding hydrogens is 372 g/mol. The summed E-state index contributed by atoms with van der Waals surface area (Å²) in [6.45, 7) is -0.657. The molecule has 1 aliphatic heterocycles. The summed E-state index contributed by atoms with van der Waals surface area (Å²) in [5.41, 5.74) is 6.22. The minimum atomic E-state index is -4.97. The first kappa shape index (κ1) is 20.3. The molecule has 1 aliphatic rings. The molecule has 14 heteroatoms. The molecule has 5 N–H and O–H groups in total. The molecule has 0 spiro atoms. The normalized spacial score (nSPS) is 29.3. The number of hydrogen-bond donors (Lipinski definition) is 4. The molecule has 2 aromatic rings. The van der Waals surface area contributed by atoms with Crippen molar-refractivity contribution in [3.63, 3.8) is 0 Å². The largest absolute Gasteiger partial charge is 1.00 e. The molecule has 0 saturated carbocycles. The second-order valence-corrected chi connectivity index (χ2v) is 6.09. The van der Waals surface area contributed by atoms with Crippen LogP contribution in [0.1, 0.15) is 6.23 Å². The first-order valence-corrected chi connectivity index (χ1v) is 7.90. The van der Waals surface area contributed by atoms with Gasteiger partial charge in [-0.2, -0.15) is 0 Å². The predicted octanol–water partition coefficient (Wildman–Crippen LogP) is -5.49. The fourth-order valence-corrected chi connectivity index (χ4v) is 2.66. The van der Waals surface area contributed by atoms with Crippen LogP contribution in [0.2, 0.25) is 0 Å². The van der Waals surface area contributed by atoms with Gasteiger partial charge in [0, 0.05) is 0 Å². The Balaban J connectivity index is 0.00000208. The van der Waals surface area contributed by atoms with Crippen molar-refractivity contribution in [2.45, 2.75) is 24.5 Å². The number of fused-ring (bicyclic) bond motifs is 1. The fourth-order valence-electron chi connectivity index (χ4n) is 2.32. The van der Waals surface area contributed by atoms with E-state index in [4.69, 9.17) is 15.4 Å². The number of imidazole rings is 1. The van der Waals surface area contributed by atoms with Gasteiger partial charge in [-0.05, 0) is 0 Å². The van der Waals surface area contributed by atoms with E-state index in [-0.39, 0.29) is 68.4 Å². The molecule has 5 atom stereocenters. The van der Waals surface area contributed by atoms with Gasteiger partial charge in [0.2, 0.25) is 0 Å². The van der Waals surface area contributed by atoms with Crippen molar-refractivity contribution >= 4 is 24.8 Å². The van der Waals surface area contributed by atoms with Crippen LogP contribution in [0.4, 0.5) is 5.82 Å².